The predicted molar refractivity (Wildman–Crippen MR) is 124 cm³/mol. The molecule has 34 heavy (non-hydrogen) atoms. The van der Waals surface area contributed by atoms with Crippen LogP contribution in [0.3, 0.4) is 0 Å². The van der Waals surface area contributed by atoms with Crippen LogP contribution in [-0.2, 0) is 17.4 Å². The Hall–Kier alpha value is -2.84. The third kappa shape index (κ3) is 3.99. The van der Waals surface area contributed by atoms with Gasteiger partial charge in [0.2, 0.25) is 5.91 Å². The number of alkyl halides is 3. The largest absolute Gasteiger partial charge is 0.435 e. The van der Waals surface area contributed by atoms with E-state index in [-0.39, 0.29) is 22.8 Å². The van der Waals surface area contributed by atoms with Gasteiger partial charge >= 0.3 is 6.18 Å². The first-order valence-corrected chi connectivity index (χ1v) is 11.4. The average Bonchev–Trinajstić information content (AvgIpc) is 3.39. The summed E-state index contributed by atoms with van der Waals surface area (Å²) in [5, 5.41) is 7.41. The van der Waals surface area contributed by atoms with Crippen LogP contribution < -0.4 is 5.32 Å². The summed E-state index contributed by atoms with van der Waals surface area (Å²) >= 11 is 12.3. The Morgan fingerprint density at radius 1 is 1.12 bits per heavy atom. The van der Waals surface area contributed by atoms with Gasteiger partial charge in [0.1, 0.15) is 5.92 Å². The average molecular weight is 507 g/mol. The van der Waals surface area contributed by atoms with Crippen LogP contribution in [0.5, 0.6) is 0 Å². The summed E-state index contributed by atoms with van der Waals surface area (Å²) in [4.78, 5) is 17.9. The summed E-state index contributed by atoms with van der Waals surface area (Å²) < 4.78 is 41.5. The molecule has 2 aliphatic rings. The number of nitrogens with zero attached hydrogens (tertiary/aromatic N) is 3. The van der Waals surface area contributed by atoms with Gasteiger partial charge in [-0.2, -0.15) is 18.3 Å². The monoisotopic (exact) mass is 506 g/mol. The number of nitrogens with one attached hydrogen (secondary N) is 1. The number of aliphatic imine (C=N–C) groups is 1. The van der Waals surface area contributed by atoms with Gasteiger partial charge in [-0.25, -0.2) is 9.67 Å². The molecule has 3 aromatic rings. The molecule has 10 heteroatoms. The van der Waals surface area contributed by atoms with Gasteiger partial charge in [-0.15, -0.1) is 0 Å². The topological polar surface area (TPSA) is 59.3 Å². The molecule has 2 aromatic carbocycles. The van der Waals surface area contributed by atoms with E-state index in [4.69, 9.17) is 23.2 Å². The van der Waals surface area contributed by atoms with Gasteiger partial charge in [0, 0.05) is 11.8 Å². The molecule has 0 fully saturated rings. The minimum Gasteiger partial charge on any atom is -0.349 e. The summed E-state index contributed by atoms with van der Waals surface area (Å²) in [5.41, 5.74) is 2.04. The highest BCUT2D eigenvalue weighted by Crippen LogP contribution is 2.41. The van der Waals surface area contributed by atoms with Crippen LogP contribution in [-0.4, -0.2) is 21.4 Å². The van der Waals surface area contributed by atoms with Crippen molar-refractivity contribution in [3.63, 3.8) is 0 Å². The lowest BCUT2D eigenvalue weighted by Crippen LogP contribution is -2.43. The van der Waals surface area contributed by atoms with Crippen molar-refractivity contribution in [2.24, 2.45) is 10.9 Å². The Balaban J connectivity index is 1.56. The van der Waals surface area contributed by atoms with E-state index in [1.165, 1.54) is 5.56 Å². The zero-order valence-corrected chi connectivity index (χ0v) is 19.4. The number of fused-ring (bicyclic) bond motifs is 2. The van der Waals surface area contributed by atoms with Crippen LogP contribution in [0.15, 0.2) is 53.5 Å². The Bertz CT molecular complexity index is 1320. The number of aromatic nitrogens is 2. The molecule has 0 saturated carbocycles. The second kappa shape index (κ2) is 8.43. The van der Waals surface area contributed by atoms with Crippen LogP contribution in [0.1, 0.15) is 47.8 Å². The van der Waals surface area contributed by atoms with Gasteiger partial charge in [0.05, 0.1) is 22.1 Å². The molecule has 1 aromatic heterocycles. The van der Waals surface area contributed by atoms with E-state index < -0.39 is 23.8 Å². The Morgan fingerprint density at radius 2 is 1.88 bits per heavy atom. The number of amides is 1. The van der Waals surface area contributed by atoms with Crippen LogP contribution in [0.4, 0.5) is 19.0 Å². The first-order chi connectivity index (χ1) is 16.1. The number of benzene rings is 2. The molecule has 5 nitrogen and oxygen atoms in total. The first kappa shape index (κ1) is 22.9. The molecule has 1 aliphatic heterocycles. The normalized spacial score (nSPS) is 21.6. The number of carbonyl (C=O) groups is 1. The summed E-state index contributed by atoms with van der Waals surface area (Å²) in [7, 11) is 0. The van der Waals surface area contributed by atoms with Gasteiger partial charge < -0.3 is 5.32 Å². The molecular formula is C24H19Cl2F3N4O. The lowest BCUT2D eigenvalue weighted by atomic mass is 9.87. The van der Waals surface area contributed by atoms with Gasteiger partial charge in [0.15, 0.2) is 11.5 Å². The molecular weight excluding hydrogens is 488 g/mol. The number of halogens is 5. The molecule has 1 N–H and O–H groups in total. The van der Waals surface area contributed by atoms with Crippen molar-refractivity contribution >= 4 is 40.6 Å². The van der Waals surface area contributed by atoms with E-state index >= 15 is 0 Å². The predicted octanol–water partition coefficient (Wildman–Crippen LogP) is 6.32. The lowest BCUT2D eigenvalue weighted by molar-refractivity contribution is -0.141. The number of hydrogen-bond acceptors (Lipinski definition) is 3. The summed E-state index contributed by atoms with van der Waals surface area (Å²) in [5.74, 6) is -1.21. The molecule has 5 rings (SSSR count). The van der Waals surface area contributed by atoms with Crippen molar-refractivity contribution in [3.05, 3.63) is 81.0 Å². The zero-order chi connectivity index (χ0) is 24.2. The molecule has 0 spiro atoms. The molecule has 1 aliphatic carbocycles. The molecule has 2 heterocycles. The maximum atomic E-state index is 13.6. The molecule has 0 radical (unpaired) electrons. The van der Waals surface area contributed by atoms with Gasteiger partial charge in [-0.3, -0.25) is 4.79 Å². The highest BCUT2D eigenvalue weighted by molar-refractivity contribution is 6.42. The van der Waals surface area contributed by atoms with Gasteiger partial charge in [-0.1, -0.05) is 53.5 Å². The highest BCUT2D eigenvalue weighted by Gasteiger charge is 2.43. The summed E-state index contributed by atoms with van der Waals surface area (Å²) in [6.45, 7) is 1.64. The number of hydrogen-bond donors (Lipinski definition) is 1. The van der Waals surface area contributed by atoms with E-state index in [0.29, 0.717) is 16.3 Å². The van der Waals surface area contributed by atoms with Crippen LogP contribution >= 0.6 is 23.2 Å². The first-order valence-electron chi connectivity index (χ1n) is 10.7. The third-order valence-electron chi connectivity index (χ3n) is 6.34. The van der Waals surface area contributed by atoms with Crippen molar-refractivity contribution in [1.29, 1.82) is 0 Å². The fourth-order valence-electron chi connectivity index (χ4n) is 4.76. The van der Waals surface area contributed by atoms with E-state index in [1.54, 1.807) is 25.1 Å². The maximum Gasteiger partial charge on any atom is 0.435 e. The smallest absolute Gasteiger partial charge is 0.349 e. The fourth-order valence-corrected chi connectivity index (χ4v) is 5.07. The Morgan fingerprint density at radius 3 is 2.62 bits per heavy atom. The minimum atomic E-state index is -4.65. The van der Waals surface area contributed by atoms with E-state index in [9.17, 15) is 18.0 Å². The maximum absolute atomic E-state index is 13.6. The molecule has 3 atom stereocenters. The molecule has 0 saturated heterocycles. The highest BCUT2D eigenvalue weighted by atomic mass is 35.5. The van der Waals surface area contributed by atoms with E-state index in [2.05, 4.69) is 15.4 Å². The van der Waals surface area contributed by atoms with Crippen LogP contribution in [0.2, 0.25) is 10.0 Å². The van der Waals surface area contributed by atoms with Crippen LogP contribution in [0, 0.1) is 5.92 Å². The second-order valence-corrected chi connectivity index (χ2v) is 9.29. The quantitative estimate of drug-likeness (QED) is 0.451. The van der Waals surface area contributed by atoms with Crippen molar-refractivity contribution in [3.8, 4) is 0 Å². The zero-order valence-electron chi connectivity index (χ0n) is 17.9. The van der Waals surface area contributed by atoms with Crippen molar-refractivity contribution < 1.29 is 18.0 Å². The van der Waals surface area contributed by atoms with E-state index in [0.717, 1.165) is 29.2 Å². The molecule has 3 unspecified atom stereocenters. The van der Waals surface area contributed by atoms with Gasteiger partial charge in [-0.05, 0) is 48.6 Å². The Kier molecular flexibility index (Phi) is 5.68. The fraction of sp³-hybridized carbons (Fsp3) is 0.292. The number of carbonyl (C=O) groups excluding carboxylic acids is 1. The van der Waals surface area contributed by atoms with Gasteiger partial charge in [0.25, 0.3) is 0 Å². The number of rotatable bonds is 3. The third-order valence-corrected chi connectivity index (χ3v) is 7.08. The van der Waals surface area contributed by atoms with Crippen LogP contribution in [0.25, 0.3) is 0 Å². The molecule has 0 bridgehead atoms. The number of aryl methyl sites for hydroxylation is 1. The summed E-state index contributed by atoms with van der Waals surface area (Å²) in [6, 6.07) is 12.5. The van der Waals surface area contributed by atoms with Crippen molar-refractivity contribution in [1.82, 2.24) is 15.1 Å². The second-order valence-electron chi connectivity index (χ2n) is 8.48. The Labute approximate surface area is 203 Å². The SMILES string of the molecule is CC1=Nc2cc(C(F)(F)F)nn2C(c2ccc(Cl)c(Cl)c2)C1C(=O)NC1CCc2ccccc21. The standard InChI is InChI=1S/C24H19Cl2F3N4O/c1-12-21(23(34)31-18-9-7-13-4-2-3-5-15(13)18)22(14-6-8-16(25)17(26)10-14)33-20(30-12)11-19(32-33)24(27,28)29/h2-6,8,10-11,18,21-22H,7,9H2,1H3,(H,31,34). The lowest BCUT2D eigenvalue weighted by Gasteiger charge is -2.32. The van der Waals surface area contributed by atoms with Crippen molar-refractivity contribution in [2.45, 2.75) is 38.0 Å². The molecule has 1 amide bonds. The minimum absolute atomic E-state index is 0.0242. The van der Waals surface area contributed by atoms with E-state index in [1.807, 2.05) is 24.3 Å². The van der Waals surface area contributed by atoms with Crippen molar-refractivity contribution in [2.75, 3.05) is 0 Å². The molecule has 176 valence electrons. The summed E-state index contributed by atoms with van der Waals surface area (Å²) in [6.07, 6.45) is -3.06.